The predicted molar refractivity (Wildman–Crippen MR) is 58.5 cm³/mol. The van der Waals surface area contributed by atoms with Crippen molar-refractivity contribution in [3.63, 3.8) is 0 Å². The van der Waals surface area contributed by atoms with Crippen molar-refractivity contribution in [3.8, 4) is 0 Å². The number of aliphatic hydroxyl groups excluding tert-OH is 1. The Labute approximate surface area is 88.9 Å². The molecule has 1 aromatic heterocycles. The summed E-state index contributed by atoms with van der Waals surface area (Å²) in [6.45, 7) is 2.16. The quantitative estimate of drug-likeness (QED) is 0.729. The molecule has 1 saturated heterocycles. The van der Waals surface area contributed by atoms with Gasteiger partial charge in [-0.15, -0.1) is 0 Å². The van der Waals surface area contributed by atoms with Crippen molar-refractivity contribution in [2.45, 2.75) is 12.8 Å². The molecule has 0 spiro atoms. The Morgan fingerprint density at radius 1 is 1.40 bits per heavy atom. The Bertz CT molecular complexity index is 323. The van der Waals surface area contributed by atoms with E-state index in [1.165, 1.54) is 6.33 Å². The molecule has 5 nitrogen and oxygen atoms in total. The molecule has 3 N–H and O–H groups in total. The first-order chi connectivity index (χ1) is 7.29. The van der Waals surface area contributed by atoms with Crippen molar-refractivity contribution in [3.05, 3.63) is 12.4 Å². The molecular formula is C10H16N4O. The zero-order valence-electron chi connectivity index (χ0n) is 8.63. The molecule has 0 atom stereocenters. The summed E-state index contributed by atoms with van der Waals surface area (Å²) in [5.41, 5.74) is 5.60. The van der Waals surface area contributed by atoms with E-state index in [1.807, 2.05) is 0 Å². The minimum Gasteiger partial charge on any atom is -0.396 e. The maximum atomic E-state index is 9.03. The van der Waals surface area contributed by atoms with Crippen molar-refractivity contribution in [1.29, 1.82) is 0 Å². The Morgan fingerprint density at radius 2 is 2.13 bits per heavy atom. The Balaban J connectivity index is 2.01. The van der Waals surface area contributed by atoms with Crippen molar-refractivity contribution >= 4 is 11.6 Å². The van der Waals surface area contributed by atoms with Crippen molar-refractivity contribution in [2.75, 3.05) is 30.3 Å². The topological polar surface area (TPSA) is 75.3 Å². The molecule has 0 radical (unpaired) electrons. The van der Waals surface area contributed by atoms with Gasteiger partial charge < -0.3 is 15.7 Å². The molecule has 5 heteroatoms. The molecule has 0 aromatic carbocycles. The molecule has 0 saturated carbocycles. The van der Waals surface area contributed by atoms with E-state index in [-0.39, 0.29) is 0 Å². The summed E-state index contributed by atoms with van der Waals surface area (Å²) in [4.78, 5) is 10.2. The fraction of sp³-hybridized carbons (Fsp3) is 0.600. The van der Waals surface area contributed by atoms with Gasteiger partial charge in [0.15, 0.2) is 0 Å². The lowest BCUT2D eigenvalue weighted by Gasteiger charge is -2.31. The Morgan fingerprint density at radius 3 is 2.73 bits per heavy atom. The summed E-state index contributed by atoms with van der Waals surface area (Å²) in [7, 11) is 0. The monoisotopic (exact) mass is 208 g/mol. The van der Waals surface area contributed by atoms with Gasteiger partial charge in [-0.1, -0.05) is 0 Å². The van der Waals surface area contributed by atoms with Crippen LogP contribution in [0, 0.1) is 5.92 Å². The lowest BCUT2D eigenvalue weighted by molar-refractivity contribution is 0.203. The lowest BCUT2D eigenvalue weighted by atomic mass is 9.98. The van der Waals surface area contributed by atoms with E-state index < -0.39 is 0 Å². The van der Waals surface area contributed by atoms with Gasteiger partial charge in [-0.05, 0) is 18.8 Å². The standard InChI is InChI=1S/C10H16N4O/c11-9-5-10(13-7-12-9)14-3-1-8(6-15)2-4-14/h5,7-8,15H,1-4,6H2,(H2,11,12,13). The molecule has 82 valence electrons. The van der Waals surface area contributed by atoms with E-state index in [0.717, 1.165) is 31.7 Å². The molecule has 0 unspecified atom stereocenters. The van der Waals surface area contributed by atoms with E-state index in [2.05, 4.69) is 14.9 Å². The van der Waals surface area contributed by atoms with Crippen LogP contribution in [-0.2, 0) is 0 Å². The Kier molecular flexibility index (Phi) is 3.01. The highest BCUT2D eigenvalue weighted by Gasteiger charge is 2.19. The highest BCUT2D eigenvalue weighted by atomic mass is 16.3. The third-order valence-corrected chi connectivity index (χ3v) is 2.87. The maximum absolute atomic E-state index is 9.03. The number of nitrogen functional groups attached to an aromatic ring is 1. The van der Waals surface area contributed by atoms with Crippen LogP contribution in [0.4, 0.5) is 11.6 Å². The van der Waals surface area contributed by atoms with Crippen molar-refractivity contribution in [2.24, 2.45) is 5.92 Å². The van der Waals surface area contributed by atoms with Crippen LogP contribution in [-0.4, -0.2) is 34.8 Å². The summed E-state index contributed by atoms with van der Waals surface area (Å²) in [5, 5.41) is 9.03. The molecule has 15 heavy (non-hydrogen) atoms. The number of aromatic nitrogens is 2. The molecule has 1 aromatic rings. The smallest absolute Gasteiger partial charge is 0.134 e. The first kappa shape index (κ1) is 10.2. The zero-order chi connectivity index (χ0) is 10.7. The molecule has 2 heterocycles. The van der Waals surface area contributed by atoms with E-state index in [4.69, 9.17) is 10.8 Å². The van der Waals surface area contributed by atoms with E-state index in [0.29, 0.717) is 18.3 Å². The number of piperidine rings is 1. The number of anilines is 2. The van der Waals surface area contributed by atoms with Gasteiger partial charge in [-0.3, -0.25) is 0 Å². The van der Waals surface area contributed by atoms with E-state index in [9.17, 15) is 0 Å². The molecule has 2 rings (SSSR count). The first-order valence-corrected chi connectivity index (χ1v) is 5.23. The minimum atomic E-state index is 0.291. The van der Waals surface area contributed by atoms with Gasteiger partial charge in [0.1, 0.15) is 18.0 Å². The molecule has 1 aliphatic rings. The normalized spacial score (nSPS) is 18.1. The fourth-order valence-corrected chi connectivity index (χ4v) is 1.88. The summed E-state index contributed by atoms with van der Waals surface area (Å²) in [5.74, 6) is 1.84. The van der Waals surface area contributed by atoms with Crippen molar-refractivity contribution in [1.82, 2.24) is 9.97 Å². The van der Waals surface area contributed by atoms with Gasteiger partial charge in [0.25, 0.3) is 0 Å². The molecule has 1 fully saturated rings. The molecule has 0 aliphatic carbocycles. The van der Waals surface area contributed by atoms with Crippen LogP contribution < -0.4 is 10.6 Å². The van der Waals surface area contributed by atoms with Crippen LogP contribution >= 0.6 is 0 Å². The molecule has 0 bridgehead atoms. The molecule has 1 aliphatic heterocycles. The van der Waals surface area contributed by atoms with Crippen LogP contribution in [0.15, 0.2) is 12.4 Å². The second-order valence-electron chi connectivity index (χ2n) is 3.91. The van der Waals surface area contributed by atoms with Crippen LogP contribution in [0.2, 0.25) is 0 Å². The summed E-state index contributed by atoms with van der Waals surface area (Å²) in [6.07, 6.45) is 3.52. The number of nitrogens with two attached hydrogens (primary N) is 1. The maximum Gasteiger partial charge on any atom is 0.134 e. The van der Waals surface area contributed by atoms with Crippen LogP contribution in [0.5, 0.6) is 0 Å². The first-order valence-electron chi connectivity index (χ1n) is 5.23. The second-order valence-corrected chi connectivity index (χ2v) is 3.91. The zero-order valence-corrected chi connectivity index (χ0v) is 8.63. The average molecular weight is 208 g/mol. The summed E-state index contributed by atoms with van der Waals surface area (Å²) >= 11 is 0. The summed E-state index contributed by atoms with van der Waals surface area (Å²) < 4.78 is 0. The fourth-order valence-electron chi connectivity index (χ4n) is 1.88. The van der Waals surface area contributed by atoms with Crippen LogP contribution in [0.25, 0.3) is 0 Å². The number of aliphatic hydroxyl groups is 1. The minimum absolute atomic E-state index is 0.291. The summed E-state index contributed by atoms with van der Waals surface area (Å²) in [6, 6.07) is 1.79. The van der Waals surface area contributed by atoms with Gasteiger partial charge in [-0.2, -0.15) is 0 Å². The van der Waals surface area contributed by atoms with Gasteiger partial charge in [0.2, 0.25) is 0 Å². The largest absolute Gasteiger partial charge is 0.396 e. The van der Waals surface area contributed by atoms with E-state index in [1.54, 1.807) is 6.07 Å². The second kappa shape index (κ2) is 4.44. The number of hydrogen-bond acceptors (Lipinski definition) is 5. The highest BCUT2D eigenvalue weighted by molar-refractivity contribution is 5.46. The van der Waals surface area contributed by atoms with Gasteiger partial charge in [0, 0.05) is 25.8 Å². The number of nitrogens with zero attached hydrogens (tertiary/aromatic N) is 3. The third kappa shape index (κ3) is 2.36. The SMILES string of the molecule is Nc1cc(N2CCC(CO)CC2)ncn1. The van der Waals surface area contributed by atoms with Gasteiger partial charge in [-0.25, -0.2) is 9.97 Å². The lowest BCUT2D eigenvalue weighted by Crippen LogP contribution is -2.35. The molecule has 0 amide bonds. The Hall–Kier alpha value is -1.36. The predicted octanol–water partition coefficient (Wildman–Crippen LogP) is 0.267. The van der Waals surface area contributed by atoms with Gasteiger partial charge in [0.05, 0.1) is 0 Å². The van der Waals surface area contributed by atoms with Gasteiger partial charge >= 0.3 is 0 Å². The average Bonchev–Trinajstić information content (AvgIpc) is 2.29. The molecular weight excluding hydrogens is 192 g/mol. The van der Waals surface area contributed by atoms with Crippen LogP contribution in [0.3, 0.4) is 0 Å². The van der Waals surface area contributed by atoms with Crippen LogP contribution in [0.1, 0.15) is 12.8 Å². The third-order valence-electron chi connectivity index (χ3n) is 2.87. The van der Waals surface area contributed by atoms with Crippen molar-refractivity contribution < 1.29 is 5.11 Å². The number of rotatable bonds is 2. The number of hydrogen-bond donors (Lipinski definition) is 2. The van der Waals surface area contributed by atoms with E-state index >= 15 is 0 Å². The highest BCUT2D eigenvalue weighted by Crippen LogP contribution is 2.21.